The van der Waals surface area contributed by atoms with Crippen LogP contribution in [0.5, 0.6) is 0 Å². The predicted molar refractivity (Wildman–Crippen MR) is 90.9 cm³/mol. The van der Waals surface area contributed by atoms with Gasteiger partial charge >= 0.3 is 0 Å². The third kappa shape index (κ3) is 2.59. The minimum atomic E-state index is 0.00455. The Morgan fingerprint density at radius 2 is 2.41 bits per heavy atom. The largest absolute Gasteiger partial charge is 0.309 e. The molecular formula is C14H14N4OS3. The number of aromatic amines is 1. The van der Waals surface area contributed by atoms with Gasteiger partial charge in [0, 0.05) is 4.88 Å². The summed E-state index contributed by atoms with van der Waals surface area (Å²) in [5.41, 5.74) is 2.94. The van der Waals surface area contributed by atoms with Crippen molar-refractivity contribution in [1.82, 2.24) is 20.2 Å². The van der Waals surface area contributed by atoms with Crippen molar-refractivity contribution in [2.24, 2.45) is 5.92 Å². The summed E-state index contributed by atoms with van der Waals surface area (Å²) in [5.74, 6) is 2.02. The smallest absolute Gasteiger partial charge is 0.259 e. The molecule has 0 fully saturated rings. The van der Waals surface area contributed by atoms with E-state index in [2.05, 4.69) is 27.1 Å². The van der Waals surface area contributed by atoms with Crippen LogP contribution in [0.1, 0.15) is 29.6 Å². The standard InChI is InChI=1S/C14H14N4OS3/c1-7-2-3-8-9(4-7)22-13-11(8)12(19)16-10(17-13)5-20-14-18-15-6-21-14/h6-7H,2-5H2,1H3,(H,16,17,19)/t7-/m0/s1. The first-order valence-electron chi connectivity index (χ1n) is 7.13. The van der Waals surface area contributed by atoms with Crippen LogP contribution in [0.4, 0.5) is 0 Å². The minimum Gasteiger partial charge on any atom is -0.309 e. The normalized spacial score (nSPS) is 17.8. The quantitative estimate of drug-likeness (QED) is 0.734. The molecule has 3 aromatic heterocycles. The lowest BCUT2D eigenvalue weighted by atomic mass is 9.89. The van der Waals surface area contributed by atoms with Crippen LogP contribution in [-0.4, -0.2) is 20.2 Å². The molecule has 1 aliphatic rings. The number of nitrogens with zero attached hydrogens (tertiary/aromatic N) is 3. The fraction of sp³-hybridized carbons (Fsp3) is 0.429. The van der Waals surface area contributed by atoms with Gasteiger partial charge in [0.05, 0.1) is 11.1 Å². The number of fused-ring (bicyclic) bond motifs is 3. The van der Waals surface area contributed by atoms with E-state index in [1.165, 1.54) is 21.8 Å². The molecule has 5 nitrogen and oxygen atoms in total. The van der Waals surface area contributed by atoms with Crippen molar-refractivity contribution in [3.8, 4) is 0 Å². The SMILES string of the molecule is C[C@H]1CCc2c(sc3nc(CSc4nncs4)[nH]c(=O)c23)C1. The van der Waals surface area contributed by atoms with Gasteiger partial charge in [0.15, 0.2) is 4.34 Å². The summed E-state index contributed by atoms with van der Waals surface area (Å²) in [4.78, 5) is 22.3. The summed E-state index contributed by atoms with van der Waals surface area (Å²) in [6.45, 7) is 2.27. The Morgan fingerprint density at radius 1 is 1.50 bits per heavy atom. The average molecular weight is 350 g/mol. The van der Waals surface area contributed by atoms with Gasteiger partial charge in [0.25, 0.3) is 5.56 Å². The fourth-order valence-electron chi connectivity index (χ4n) is 2.82. The maximum Gasteiger partial charge on any atom is 0.259 e. The Hall–Kier alpha value is -1.25. The first kappa shape index (κ1) is 14.3. The molecule has 0 unspecified atom stereocenters. The van der Waals surface area contributed by atoms with Crippen LogP contribution in [0.3, 0.4) is 0 Å². The van der Waals surface area contributed by atoms with Crippen molar-refractivity contribution in [1.29, 1.82) is 0 Å². The van der Waals surface area contributed by atoms with E-state index in [1.54, 1.807) is 28.6 Å². The lowest BCUT2D eigenvalue weighted by Crippen LogP contribution is -2.14. The molecule has 1 N–H and O–H groups in total. The molecule has 4 rings (SSSR count). The predicted octanol–water partition coefficient (Wildman–Crippen LogP) is 3.25. The summed E-state index contributed by atoms with van der Waals surface area (Å²) >= 11 is 4.73. The number of nitrogens with one attached hydrogen (secondary N) is 1. The van der Waals surface area contributed by atoms with E-state index >= 15 is 0 Å². The maximum absolute atomic E-state index is 12.5. The molecule has 8 heteroatoms. The molecule has 114 valence electrons. The van der Waals surface area contributed by atoms with E-state index in [1.807, 2.05) is 0 Å². The van der Waals surface area contributed by atoms with Crippen LogP contribution < -0.4 is 5.56 Å². The summed E-state index contributed by atoms with van der Waals surface area (Å²) < 4.78 is 0.891. The van der Waals surface area contributed by atoms with E-state index in [9.17, 15) is 4.79 Å². The average Bonchev–Trinajstić information content (AvgIpc) is 3.11. The zero-order valence-corrected chi connectivity index (χ0v) is 14.4. The van der Waals surface area contributed by atoms with E-state index in [-0.39, 0.29) is 5.56 Å². The molecule has 0 aromatic carbocycles. The number of aromatic nitrogens is 4. The maximum atomic E-state index is 12.5. The molecule has 0 spiro atoms. The molecule has 0 saturated carbocycles. The highest BCUT2D eigenvalue weighted by molar-refractivity contribution is 8.00. The topological polar surface area (TPSA) is 71.5 Å². The monoisotopic (exact) mass is 350 g/mol. The second-order valence-electron chi connectivity index (χ2n) is 5.54. The zero-order valence-electron chi connectivity index (χ0n) is 12.0. The van der Waals surface area contributed by atoms with Gasteiger partial charge in [-0.05, 0) is 30.7 Å². The summed E-state index contributed by atoms with van der Waals surface area (Å²) in [6, 6.07) is 0. The number of H-pyrrole nitrogens is 1. The molecule has 22 heavy (non-hydrogen) atoms. The number of rotatable bonds is 3. The Labute approximate surface area is 139 Å². The first-order chi connectivity index (χ1) is 10.7. The van der Waals surface area contributed by atoms with Crippen LogP contribution in [0.2, 0.25) is 0 Å². The highest BCUT2D eigenvalue weighted by atomic mass is 32.2. The molecule has 3 aromatic rings. The summed E-state index contributed by atoms with van der Waals surface area (Å²) in [5, 5.41) is 8.62. The van der Waals surface area contributed by atoms with Crippen molar-refractivity contribution in [3.63, 3.8) is 0 Å². The molecule has 0 bridgehead atoms. The third-order valence-electron chi connectivity index (χ3n) is 3.89. The molecule has 0 aliphatic heterocycles. The van der Waals surface area contributed by atoms with Crippen molar-refractivity contribution >= 4 is 44.7 Å². The second-order valence-corrected chi connectivity index (χ2v) is 8.68. The highest BCUT2D eigenvalue weighted by Crippen LogP contribution is 2.35. The molecule has 0 saturated heterocycles. The molecule has 0 amide bonds. The van der Waals surface area contributed by atoms with Gasteiger partial charge < -0.3 is 4.98 Å². The van der Waals surface area contributed by atoms with Gasteiger partial charge in [0.2, 0.25) is 0 Å². The number of thioether (sulfide) groups is 1. The van der Waals surface area contributed by atoms with Gasteiger partial charge in [-0.3, -0.25) is 4.79 Å². The van der Waals surface area contributed by atoms with Crippen molar-refractivity contribution in [2.75, 3.05) is 0 Å². The Morgan fingerprint density at radius 3 is 3.23 bits per heavy atom. The number of hydrogen-bond donors (Lipinski definition) is 1. The van der Waals surface area contributed by atoms with Crippen molar-refractivity contribution < 1.29 is 0 Å². The number of aryl methyl sites for hydroxylation is 1. The lowest BCUT2D eigenvalue weighted by Gasteiger charge is -2.17. The van der Waals surface area contributed by atoms with Crippen LogP contribution in [0, 0.1) is 5.92 Å². The Kier molecular flexibility index (Phi) is 3.75. The highest BCUT2D eigenvalue weighted by Gasteiger charge is 2.23. The van der Waals surface area contributed by atoms with E-state index in [0.29, 0.717) is 17.5 Å². The molecule has 1 aliphatic carbocycles. The zero-order chi connectivity index (χ0) is 15.1. The molecule has 3 heterocycles. The molecule has 0 radical (unpaired) electrons. The van der Waals surface area contributed by atoms with E-state index < -0.39 is 0 Å². The van der Waals surface area contributed by atoms with E-state index in [4.69, 9.17) is 0 Å². The number of thiophene rings is 1. The third-order valence-corrected chi connectivity index (χ3v) is 6.91. The van der Waals surface area contributed by atoms with Gasteiger partial charge in [-0.15, -0.1) is 21.5 Å². The fourth-order valence-corrected chi connectivity index (χ4v) is 5.58. The lowest BCUT2D eigenvalue weighted by molar-refractivity contribution is 0.509. The van der Waals surface area contributed by atoms with E-state index in [0.717, 1.165) is 33.8 Å². The van der Waals surface area contributed by atoms with Crippen LogP contribution in [0.25, 0.3) is 10.2 Å². The van der Waals surface area contributed by atoms with Gasteiger partial charge in [-0.2, -0.15) is 0 Å². The molecule has 1 atom stereocenters. The van der Waals surface area contributed by atoms with Crippen molar-refractivity contribution in [2.45, 2.75) is 36.3 Å². The Bertz CT molecular complexity index is 868. The van der Waals surface area contributed by atoms with Crippen molar-refractivity contribution in [3.05, 3.63) is 32.1 Å². The van der Waals surface area contributed by atoms with Gasteiger partial charge in [0.1, 0.15) is 16.2 Å². The van der Waals surface area contributed by atoms with Crippen LogP contribution in [0.15, 0.2) is 14.6 Å². The van der Waals surface area contributed by atoms with Gasteiger partial charge in [-0.25, -0.2) is 4.98 Å². The molecular weight excluding hydrogens is 336 g/mol. The number of hydrogen-bond acceptors (Lipinski definition) is 7. The van der Waals surface area contributed by atoms with Crippen LogP contribution >= 0.6 is 34.4 Å². The first-order valence-corrected chi connectivity index (χ1v) is 9.81. The second kappa shape index (κ2) is 5.75. The summed E-state index contributed by atoms with van der Waals surface area (Å²) in [7, 11) is 0. The minimum absolute atomic E-state index is 0.00455. The summed E-state index contributed by atoms with van der Waals surface area (Å²) in [6.07, 6.45) is 3.23. The van der Waals surface area contributed by atoms with Gasteiger partial charge in [-0.1, -0.05) is 30.0 Å². The van der Waals surface area contributed by atoms with Crippen LogP contribution in [-0.2, 0) is 18.6 Å². The Balaban J connectivity index is 1.69.